The van der Waals surface area contributed by atoms with Crippen molar-refractivity contribution in [3.05, 3.63) is 18.0 Å². The zero-order valence-electron chi connectivity index (χ0n) is 9.65. The topological polar surface area (TPSA) is 60.9 Å². The summed E-state index contributed by atoms with van der Waals surface area (Å²) >= 11 is 0. The molecular weight excluding hydrogens is 202 g/mol. The van der Waals surface area contributed by atoms with E-state index < -0.39 is 0 Å². The molecule has 1 aliphatic rings. The molecule has 90 valence electrons. The van der Waals surface area contributed by atoms with Crippen molar-refractivity contribution in [3.63, 3.8) is 0 Å². The normalized spacial score (nSPS) is 25.8. The number of hydrogen-bond donors (Lipinski definition) is 3. The van der Waals surface area contributed by atoms with E-state index in [0.717, 1.165) is 19.0 Å². The van der Waals surface area contributed by atoms with Gasteiger partial charge in [-0.15, -0.1) is 0 Å². The van der Waals surface area contributed by atoms with E-state index in [-0.39, 0.29) is 0 Å². The number of nitrogens with zero attached hydrogens (tertiary/aromatic N) is 1. The smallest absolute Gasteiger partial charge is 0.0532 e. The second kappa shape index (κ2) is 6.01. The minimum atomic E-state index is 0.370. The lowest BCUT2D eigenvalue weighted by molar-refractivity contribution is 0.166. The maximum Gasteiger partial charge on any atom is 0.0532 e. The summed E-state index contributed by atoms with van der Waals surface area (Å²) in [7, 11) is 0. The Morgan fingerprint density at radius 2 is 2.06 bits per heavy atom. The van der Waals surface area contributed by atoms with Crippen LogP contribution in [-0.4, -0.2) is 28.5 Å². The van der Waals surface area contributed by atoms with E-state index in [1.54, 1.807) is 0 Å². The predicted molar refractivity (Wildman–Crippen MR) is 62.8 cm³/mol. The summed E-state index contributed by atoms with van der Waals surface area (Å²) in [6.07, 6.45) is 8.67. The molecule has 0 atom stereocenters. The van der Waals surface area contributed by atoms with Gasteiger partial charge in [0, 0.05) is 24.9 Å². The fraction of sp³-hybridized carbons (Fsp3) is 0.750. The van der Waals surface area contributed by atoms with Crippen molar-refractivity contribution in [2.45, 2.75) is 32.2 Å². The number of aliphatic hydroxyl groups excluding tert-OH is 1. The van der Waals surface area contributed by atoms with Crippen molar-refractivity contribution in [2.75, 3.05) is 13.2 Å². The van der Waals surface area contributed by atoms with Crippen molar-refractivity contribution < 1.29 is 5.11 Å². The molecule has 1 heterocycles. The van der Waals surface area contributed by atoms with Crippen molar-refractivity contribution in [1.29, 1.82) is 0 Å². The van der Waals surface area contributed by atoms with Crippen molar-refractivity contribution in [3.8, 4) is 0 Å². The second-order valence-corrected chi connectivity index (χ2v) is 4.81. The third-order valence-electron chi connectivity index (χ3n) is 3.54. The lowest BCUT2D eigenvalue weighted by Crippen LogP contribution is -2.27. The monoisotopic (exact) mass is 223 g/mol. The Bertz CT molecular complexity index is 278. The van der Waals surface area contributed by atoms with E-state index in [1.165, 1.54) is 31.2 Å². The molecule has 0 saturated heterocycles. The number of nitrogens with one attached hydrogen (secondary N) is 2. The molecule has 2 rings (SSSR count). The zero-order chi connectivity index (χ0) is 11.2. The molecule has 1 fully saturated rings. The summed E-state index contributed by atoms with van der Waals surface area (Å²) in [5, 5.41) is 19.2. The van der Waals surface area contributed by atoms with Crippen LogP contribution in [0.2, 0.25) is 0 Å². The summed E-state index contributed by atoms with van der Waals surface area (Å²) in [5.74, 6) is 1.35. The van der Waals surface area contributed by atoms with Crippen LogP contribution >= 0.6 is 0 Å². The molecule has 0 aromatic carbocycles. The molecule has 4 heteroatoms. The third-order valence-corrected chi connectivity index (χ3v) is 3.54. The van der Waals surface area contributed by atoms with Gasteiger partial charge in [-0.2, -0.15) is 5.10 Å². The first-order valence-electron chi connectivity index (χ1n) is 6.17. The average molecular weight is 223 g/mol. The summed E-state index contributed by atoms with van der Waals surface area (Å²) in [5.41, 5.74) is 1.21. The van der Waals surface area contributed by atoms with Crippen LogP contribution < -0.4 is 5.32 Å². The molecule has 4 nitrogen and oxygen atoms in total. The van der Waals surface area contributed by atoms with Crippen LogP contribution in [0.4, 0.5) is 0 Å². The maximum atomic E-state index is 9.05. The number of H-pyrrole nitrogens is 1. The average Bonchev–Trinajstić information content (AvgIpc) is 2.83. The number of aromatic amines is 1. The minimum Gasteiger partial charge on any atom is -0.396 e. The van der Waals surface area contributed by atoms with Gasteiger partial charge >= 0.3 is 0 Å². The van der Waals surface area contributed by atoms with E-state index in [4.69, 9.17) is 5.11 Å². The summed E-state index contributed by atoms with van der Waals surface area (Å²) in [4.78, 5) is 0. The second-order valence-electron chi connectivity index (χ2n) is 4.81. The summed E-state index contributed by atoms with van der Waals surface area (Å²) < 4.78 is 0. The Labute approximate surface area is 96.5 Å². The highest BCUT2D eigenvalue weighted by atomic mass is 16.3. The van der Waals surface area contributed by atoms with E-state index in [9.17, 15) is 0 Å². The summed E-state index contributed by atoms with van der Waals surface area (Å²) in [6, 6.07) is 0. The van der Waals surface area contributed by atoms with Gasteiger partial charge in [0.1, 0.15) is 0 Å². The van der Waals surface area contributed by atoms with Crippen LogP contribution in [0.5, 0.6) is 0 Å². The fourth-order valence-electron chi connectivity index (χ4n) is 2.41. The van der Waals surface area contributed by atoms with Crippen molar-refractivity contribution in [2.24, 2.45) is 11.8 Å². The zero-order valence-corrected chi connectivity index (χ0v) is 9.65. The van der Waals surface area contributed by atoms with Gasteiger partial charge in [0.25, 0.3) is 0 Å². The molecule has 0 unspecified atom stereocenters. The van der Waals surface area contributed by atoms with Gasteiger partial charge in [-0.1, -0.05) is 0 Å². The standard InChI is InChI=1S/C12H21N3O/c16-9-11-3-1-10(2-4-11)5-13-6-12-7-14-15-8-12/h7-8,10-11,13,16H,1-6,9H2,(H,14,15). The van der Waals surface area contributed by atoms with Crippen LogP contribution in [0.25, 0.3) is 0 Å². The first-order valence-corrected chi connectivity index (χ1v) is 6.17. The molecule has 3 N–H and O–H groups in total. The van der Waals surface area contributed by atoms with Gasteiger partial charge in [-0.3, -0.25) is 5.10 Å². The first kappa shape index (κ1) is 11.6. The molecule has 0 aliphatic heterocycles. The van der Waals surface area contributed by atoms with Gasteiger partial charge in [0.15, 0.2) is 0 Å². The molecule has 1 aromatic rings. The lowest BCUT2D eigenvalue weighted by Gasteiger charge is -2.27. The molecule has 16 heavy (non-hydrogen) atoms. The quantitative estimate of drug-likeness (QED) is 0.705. The number of hydrogen-bond acceptors (Lipinski definition) is 3. The Hall–Kier alpha value is -0.870. The Kier molecular flexibility index (Phi) is 4.36. The Balaban J connectivity index is 1.60. The molecule has 0 amide bonds. The van der Waals surface area contributed by atoms with Gasteiger partial charge in [0.05, 0.1) is 6.20 Å². The SMILES string of the molecule is OCC1CCC(CNCc2cn[nH]c2)CC1. The van der Waals surface area contributed by atoms with Gasteiger partial charge in [0.2, 0.25) is 0 Å². The molecular formula is C12H21N3O. The van der Waals surface area contributed by atoms with Crippen LogP contribution in [0.1, 0.15) is 31.2 Å². The Morgan fingerprint density at radius 3 is 2.69 bits per heavy atom. The van der Waals surface area contributed by atoms with Gasteiger partial charge < -0.3 is 10.4 Å². The van der Waals surface area contributed by atoms with E-state index in [0.29, 0.717) is 12.5 Å². The lowest BCUT2D eigenvalue weighted by atomic mass is 9.82. The highest BCUT2D eigenvalue weighted by Gasteiger charge is 2.19. The highest BCUT2D eigenvalue weighted by Crippen LogP contribution is 2.27. The molecule has 1 saturated carbocycles. The van der Waals surface area contributed by atoms with Crippen molar-refractivity contribution >= 4 is 0 Å². The number of aliphatic hydroxyl groups is 1. The van der Waals surface area contributed by atoms with Gasteiger partial charge in [-0.05, 0) is 44.1 Å². The number of rotatable bonds is 5. The third kappa shape index (κ3) is 3.32. The fourth-order valence-corrected chi connectivity index (χ4v) is 2.41. The molecule has 0 bridgehead atoms. The highest BCUT2D eigenvalue weighted by molar-refractivity contribution is 5.01. The van der Waals surface area contributed by atoms with Gasteiger partial charge in [-0.25, -0.2) is 0 Å². The van der Waals surface area contributed by atoms with Crippen LogP contribution in [0.3, 0.4) is 0 Å². The van der Waals surface area contributed by atoms with E-state index in [1.807, 2.05) is 12.4 Å². The van der Waals surface area contributed by atoms with Crippen LogP contribution in [0.15, 0.2) is 12.4 Å². The first-order chi connectivity index (χ1) is 7.88. The van der Waals surface area contributed by atoms with Crippen molar-refractivity contribution in [1.82, 2.24) is 15.5 Å². The molecule has 1 aromatic heterocycles. The minimum absolute atomic E-state index is 0.370. The van der Waals surface area contributed by atoms with Crippen LogP contribution in [-0.2, 0) is 6.54 Å². The predicted octanol–water partition coefficient (Wildman–Crippen LogP) is 1.30. The maximum absolute atomic E-state index is 9.05. The molecule has 0 radical (unpaired) electrons. The van der Waals surface area contributed by atoms with Crippen LogP contribution in [0, 0.1) is 11.8 Å². The molecule has 0 spiro atoms. The number of aromatic nitrogens is 2. The Morgan fingerprint density at radius 1 is 1.31 bits per heavy atom. The summed E-state index contributed by atoms with van der Waals surface area (Å²) in [6.45, 7) is 2.36. The van der Waals surface area contributed by atoms with E-state index >= 15 is 0 Å². The van der Waals surface area contributed by atoms with E-state index in [2.05, 4.69) is 15.5 Å². The molecule has 1 aliphatic carbocycles. The largest absolute Gasteiger partial charge is 0.396 e.